The average molecular weight is 143 g/mol. The van der Waals surface area contributed by atoms with Crippen LogP contribution in [-0.2, 0) is 9.63 Å². The molecule has 3 heteroatoms. The maximum atomic E-state index is 10.8. The summed E-state index contributed by atoms with van der Waals surface area (Å²) in [7, 11) is 0. The van der Waals surface area contributed by atoms with Crippen LogP contribution in [0, 0.1) is 0 Å². The molecule has 0 atom stereocenters. The van der Waals surface area contributed by atoms with E-state index in [1.54, 1.807) is 0 Å². The second-order valence-corrected chi connectivity index (χ2v) is 2.24. The standard InChI is InChI=1S/C7H13NO2/c1-4-6(5(2)3)7(9)10-8/h4,8H2,1-3H3. The predicted molar refractivity (Wildman–Crippen MR) is 38.9 cm³/mol. The van der Waals surface area contributed by atoms with Gasteiger partial charge < -0.3 is 4.84 Å². The van der Waals surface area contributed by atoms with E-state index in [0.717, 1.165) is 5.57 Å². The maximum Gasteiger partial charge on any atom is 0.352 e. The first kappa shape index (κ1) is 9.17. The number of rotatable bonds is 2. The zero-order chi connectivity index (χ0) is 8.15. The lowest BCUT2D eigenvalue weighted by Crippen LogP contribution is -2.12. The van der Waals surface area contributed by atoms with Crippen LogP contribution >= 0.6 is 0 Å². The summed E-state index contributed by atoms with van der Waals surface area (Å²) >= 11 is 0. The Kier molecular flexibility index (Phi) is 3.72. The monoisotopic (exact) mass is 143 g/mol. The minimum atomic E-state index is -0.428. The van der Waals surface area contributed by atoms with Crippen molar-refractivity contribution in [3.8, 4) is 0 Å². The van der Waals surface area contributed by atoms with Crippen molar-refractivity contribution in [1.82, 2.24) is 0 Å². The summed E-state index contributed by atoms with van der Waals surface area (Å²) in [5.41, 5.74) is 1.61. The molecule has 0 unspecified atom stereocenters. The summed E-state index contributed by atoms with van der Waals surface area (Å²) in [5, 5.41) is 0. The summed E-state index contributed by atoms with van der Waals surface area (Å²) in [4.78, 5) is 14.8. The summed E-state index contributed by atoms with van der Waals surface area (Å²) in [6, 6.07) is 0. The summed E-state index contributed by atoms with van der Waals surface area (Å²) in [5.74, 6) is 4.27. The highest BCUT2D eigenvalue weighted by molar-refractivity contribution is 5.88. The predicted octanol–water partition coefficient (Wildman–Crippen LogP) is 1.15. The van der Waals surface area contributed by atoms with Crippen LogP contribution in [0.25, 0.3) is 0 Å². The number of carbonyl (C=O) groups excluding carboxylic acids is 1. The van der Waals surface area contributed by atoms with Crippen LogP contribution in [0.15, 0.2) is 11.1 Å². The smallest absolute Gasteiger partial charge is 0.352 e. The first-order valence-corrected chi connectivity index (χ1v) is 3.20. The van der Waals surface area contributed by atoms with Gasteiger partial charge in [-0.15, -0.1) is 0 Å². The largest absolute Gasteiger partial charge is 0.370 e. The molecule has 0 radical (unpaired) electrons. The average Bonchev–Trinajstić information content (AvgIpc) is 1.88. The van der Waals surface area contributed by atoms with E-state index < -0.39 is 5.97 Å². The minimum absolute atomic E-state index is 0.428. The second-order valence-electron chi connectivity index (χ2n) is 2.24. The Morgan fingerprint density at radius 2 is 2.00 bits per heavy atom. The van der Waals surface area contributed by atoms with E-state index in [-0.39, 0.29) is 0 Å². The zero-order valence-electron chi connectivity index (χ0n) is 6.60. The Labute approximate surface area is 60.8 Å². The summed E-state index contributed by atoms with van der Waals surface area (Å²) in [6.45, 7) is 5.60. The summed E-state index contributed by atoms with van der Waals surface area (Å²) < 4.78 is 0. The van der Waals surface area contributed by atoms with Gasteiger partial charge in [0.1, 0.15) is 0 Å². The van der Waals surface area contributed by atoms with E-state index in [1.165, 1.54) is 0 Å². The van der Waals surface area contributed by atoms with Gasteiger partial charge in [-0.05, 0) is 20.3 Å². The highest BCUT2D eigenvalue weighted by Crippen LogP contribution is 2.08. The van der Waals surface area contributed by atoms with Gasteiger partial charge in [0.05, 0.1) is 0 Å². The van der Waals surface area contributed by atoms with Gasteiger partial charge in [0.2, 0.25) is 0 Å². The molecule has 0 spiro atoms. The fourth-order valence-electron chi connectivity index (χ4n) is 0.773. The minimum Gasteiger partial charge on any atom is -0.370 e. The van der Waals surface area contributed by atoms with E-state index in [9.17, 15) is 4.79 Å². The number of allylic oxidation sites excluding steroid dienone is 1. The fourth-order valence-corrected chi connectivity index (χ4v) is 0.773. The van der Waals surface area contributed by atoms with Gasteiger partial charge in [-0.2, -0.15) is 5.90 Å². The highest BCUT2D eigenvalue weighted by Gasteiger charge is 2.08. The Morgan fingerprint density at radius 1 is 1.50 bits per heavy atom. The molecular formula is C7H13NO2. The number of carbonyl (C=O) groups is 1. The van der Waals surface area contributed by atoms with Gasteiger partial charge in [-0.3, -0.25) is 0 Å². The topological polar surface area (TPSA) is 52.3 Å². The fraction of sp³-hybridized carbons (Fsp3) is 0.571. The Balaban J connectivity index is 4.37. The Morgan fingerprint density at radius 3 is 2.10 bits per heavy atom. The van der Waals surface area contributed by atoms with Gasteiger partial charge in [-0.1, -0.05) is 12.5 Å². The van der Waals surface area contributed by atoms with E-state index in [2.05, 4.69) is 4.84 Å². The van der Waals surface area contributed by atoms with Crippen molar-refractivity contribution < 1.29 is 9.63 Å². The van der Waals surface area contributed by atoms with Crippen molar-refractivity contribution in [1.29, 1.82) is 0 Å². The van der Waals surface area contributed by atoms with E-state index in [1.807, 2.05) is 20.8 Å². The number of hydrogen-bond acceptors (Lipinski definition) is 3. The van der Waals surface area contributed by atoms with Gasteiger partial charge in [-0.25, -0.2) is 4.79 Å². The van der Waals surface area contributed by atoms with Crippen LogP contribution in [0.2, 0.25) is 0 Å². The number of hydrogen-bond donors (Lipinski definition) is 1. The second kappa shape index (κ2) is 4.06. The molecule has 2 N–H and O–H groups in total. The molecule has 0 heterocycles. The normalized spacial score (nSPS) is 8.80. The molecule has 10 heavy (non-hydrogen) atoms. The Hall–Kier alpha value is -0.830. The number of nitrogens with two attached hydrogens (primary N) is 1. The van der Waals surface area contributed by atoms with Crippen LogP contribution in [0.4, 0.5) is 0 Å². The molecule has 58 valence electrons. The molecule has 0 saturated carbocycles. The first-order chi connectivity index (χ1) is 4.63. The van der Waals surface area contributed by atoms with Gasteiger partial charge in [0, 0.05) is 5.57 Å². The van der Waals surface area contributed by atoms with Crippen LogP contribution in [-0.4, -0.2) is 5.97 Å². The molecule has 0 aliphatic carbocycles. The lowest BCUT2D eigenvalue weighted by molar-refractivity contribution is -0.139. The van der Waals surface area contributed by atoms with Gasteiger partial charge in [0.15, 0.2) is 0 Å². The molecule has 0 aliphatic rings. The van der Waals surface area contributed by atoms with Gasteiger partial charge >= 0.3 is 5.97 Å². The summed E-state index contributed by atoms with van der Waals surface area (Å²) in [6.07, 6.45) is 0.665. The van der Waals surface area contributed by atoms with Gasteiger partial charge in [0.25, 0.3) is 0 Å². The van der Waals surface area contributed by atoms with Crippen molar-refractivity contribution in [2.24, 2.45) is 5.90 Å². The van der Waals surface area contributed by atoms with Crippen LogP contribution < -0.4 is 5.90 Å². The van der Waals surface area contributed by atoms with E-state index in [0.29, 0.717) is 12.0 Å². The molecular weight excluding hydrogens is 130 g/mol. The first-order valence-electron chi connectivity index (χ1n) is 3.20. The lowest BCUT2D eigenvalue weighted by Gasteiger charge is -2.02. The van der Waals surface area contributed by atoms with Crippen LogP contribution in [0.1, 0.15) is 27.2 Å². The van der Waals surface area contributed by atoms with Crippen molar-refractivity contribution in [3.63, 3.8) is 0 Å². The molecule has 3 nitrogen and oxygen atoms in total. The third-order valence-corrected chi connectivity index (χ3v) is 1.31. The van der Waals surface area contributed by atoms with Crippen LogP contribution in [0.5, 0.6) is 0 Å². The molecule has 0 aromatic carbocycles. The zero-order valence-corrected chi connectivity index (χ0v) is 6.60. The van der Waals surface area contributed by atoms with Crippen molar-refractivity contribution in [3.05, 3.63) is 11.1 Å². The molecule has 0 aromatic heterocycles. The Bertz CT molecular complexity index is 157. The molecule has 0 fully saturated rings. The van der Waals surface area contributed by atoms with Crippen molar-refractivity contribution in [2.45, 2.75) is 27.2 Å². The quantitative estimate of drug-likeness (QED) is 0.466. The SMILES string of the molecule is CCC(C(=O)ON)=C(C)C. The maximum absolute atomic E-state index is 10.8. The van der Waals surface area contributed by atoms with Crippen LogP contribution in [0.3, 0.4) is 0 Å². The van der Waals surface area contributed by atoms with Crippen molar-refractivity contribution >= 4 is 5.97 Å². The molecule has 0 rings (SSSR count). The third kappa shape index (κ3) is 2.19. The molecule has 0 bridgehead atoms. The molecule has 0 amide bonds. The highest BCUT2D eigenvalue weighted by atomic mass is 16.7. The molecule has 0 saturated heterocycles. The van der Waals surface area contributed by atoms with E-state index in [4.69, 9.17) is 5.90 Å². The lowest BCUT2D eigenvalue weighted by atomic mass is 10.1. The van der Waals surface area contributed by atoms with Crippen molar-refractivity contribution in [2.75, 3.05) is 0 Å². The third-order valence-electron chi connectivity index (χ3n) is 1.31. The van der Waals surface area contributed by atoms with E-state index >= 15 is 0 Å². The molecule has 0 aliphatic heterocycles. The molecule has 0 aromatic rings.